The van der Waals surface area contributed by atoms with Gasteiger partial charge in [0.05, 0.1) is 6.61 Å². The Morgan fingerprint density at radius 3 is 2.78 bits per heavy atom. The second-order valence-corrected chi connectivity index (χ2v) is 6.54. The van der Waals surface area contributed by atoms with Crippen LogP contribution in [0.1, 0.15) is 38.3 Å². The van der Waals surface area contributed by atoms with Crippen molar-refractivity contribution >= 4 is 17.4 Å². The summed E-state index contributed by atoms with van der Waals surface area (Å²) in [5.41, 5.74) is 2.09. The molecule has 0 aromatic heterocycles. The zero-order valence-corrected chi connectivity index (χ0v) is 11.9. The maximum Gasteiger partial charge on any atom is 0.137 e. The van der Waals surface area contributed by atoms with Crippen molar-refractivity contribution in [2.24, 2.45) is 5.41 Å². The second-order valence-electron chi connectivity index (χ2n) is 6.10. The quantitative estimate of drug-likeness (QED) is 0.831. The number of carbonyl (C=O) groups excluding carboxylic acids is 1. The summed E-state index contributed by atoms with van der Waals surface area (Å²) in [6, 6.07) is 3.79. The van der Waals surface area contributed by atoms with Gasteiger partial charge in [-0.1, -0.05) is 32.4 Å². The van der Waals surface area contributed by atoms with Gasteiger partial charge in [0.25, 0.3) is 0 Å². The topological polar surface area (TPSA) is 26.3 Å². The highest BCUT2D eigenvalue weighted by atomic mass is 35.5. The Hall–Kier alpha value is -1.02. The number of benzene rings is 1. The Morgan fingerprint density at radius 1 is 1.39 bits per heavy atom. The summed E-state index contributed by atoms with van der Waals surface area (Å²) in [6.45, 7) is 6.91. The van der Waals surface area contributed by atoms with Gasteiger partial charge in [0.1, 0.15) is 11.5 Å². The van der Waals surface area contributed by atoms with E-state index in [0.717, 1.165) is 23.3 Å². The van der Waals surface area contributed by atoms with Gasteiger partial charge < -0.3 is 4.74 Å². The molecule has 0 atom stereocenters. The molecular formula is C15H19ClO2. The lowest BCUT2D eigenvalue weighted by Gasteiger charge is -2.17. The number of carbonyl (C=O) groups is 1. The Morgan fingerprint density at radius 2 is 2.11 bits per heavy atom. The van der Waals surface area contributed by atoms with E-state index >= 15 is 0 Å². The largest absolute Gasteiger partial charge is 0.493 e. The molecule has 98 valence electrons. The molecule has 1 aliphatic rings. The van der Waals surface area contributed by atoms with E-state index in [9.17, 15) is 4.79 Å². The fourth-order valence-corrected chi connectivity index (χ4v) is 2.61. The van der Waals surface area contributed by atoms with Crippen molar-refractivity contribution in [1.29, 1.82) is 0 Å². The SMILES string of the molecule is CC(C)(C)CC(=O)Cc1cc(Cl)cc2c1OCC2. The highest BCUT2D eigenvalue weighted by Crippen LogP contribution is 2.33. The van der Waals surface area contributed by atoms with Crippen molar-refractivity contribution in [3.8, 4) is 5.75 Å². The van der Waals surface area contributed by atoms with Crippen LogP contribution in [0.5, 0.6) is 5.75 Å². The van der Waals surface area contributed by atoms with E-state index in [1.165, 1.54) is 0 Å². The van der Waals surface area contributed by atoms with Crippen LogP contribution in [0.4, 0.5) is 0 Å². The molecule has 0 radical (unpaired) electrons. The second kappa shape index (κ2) is 4.93. The third kappa shape index (κ3) is 3.26. The molecule has 0 spiro atoms. The average molecular weight is 267 g/mol. The molecular weight excluding hydrogens is 248 g/mol. The Kier molecular flexibility index (Phi) is 3.67. The summed E-state index contributed by atoms with van der Waals surface area (Å²) in [7, 11) is 0. The van der Waals surface area contributed by atoms with E-state index in [1.54, 1.807) is 0 Å². The van der Waals surface area contributed by atoms with Crippen molar-refractivity contribution in [2.45, 2.75) is 40.0 Å². The molecule has 18 heavy (non-hydrogen) atoms. The first-order valence-corrected chi connectivity index (χ1v) is 6.69. The molecule has 0 saturated carbocycles. The van der Waals surface area contributed by atoms with E-state index in [1.807, 2.05) is 12.1 Å². The standard InChI is InChI=1S/C15H19ClO2/c1-15(2,3)9-13(17)8-11-7-12(16)6-10-4-5-18-14(10)11/h6-7H,4-5,8-9H2,1-3H3. The summed E-state index contributed by atoms with van der Waals surface area (Å²) in [4.78, 5) is 12.0. The molecule has 1 aliphatic heterocycles. The minimum Gasteiger partial charge on any atom is -0.493 e. The molecule has 0 unspecified atom stereocenters. The molecule has 1 aromatic carbocycles. The van der Waals surface area contributed by atoms with E-state index in [-0.39, 0.29) is 11.2 Å². The lowest BCUT2D eigenvalue weighted by Crippen LogP contribution is -2.15. The van der Waals surface area contributed by atoms with Crippen LogP contribution in [-0.4, -0.2) is 12.4 Å². The molecule has 0 bridgehead atoms. The molecule has 2 rings (SSSR count). The van der Waals surface area contributed by atoms with Gasteiger partial charge in [0.2, 0.25) is 0 Å². The normalized spacial score (nSPS) is 14.2. The minimum absolute atomic E-state index is 0.0275. The van der Waals surface area contributed by atoms with Crippen LogP contribution >= 0.6 is 11.6 Å². The van der Waals surface area contributed by atoms with Crippen LogP contribution < -0.4 is 4.74 Å². The monoisotopic (exact) mass is 266 g/mol. The van der Waals surface area contributed by atoms with Gasteiger partial charge in [-0.2, -0.15) is 0 Å². The minimum atomic E-state index is 0.0275. The molecule has 0 aliphatic carbocycles. The van der Waals surface area contributed by atoms with E-state index in [4.69, 9.17) is 16.3 Å². The van der Waals surface area contributed by atoms with Crippen LogP contribution in [0, 0.1) is 5.41 Å². The van der Waals surface area contributed by atoms with Crippen molar-refractivity contribution < 1.29 is 9.53 Å². The van der Waals surface area contributed by atoms with Crippen molar-refractivity contribution in [1.82, 2.24) is 0 Å². The lowest BCUT2D eigenvalue weighted by atomic mass is 9.88. The number of ether oxygens (including phenoxy) is 1. The van der Waals surface area contributed by atoms with Crippen molar-refractivity contribution in [3.63, 3.8) is 0 Å². The number of fused-ring (bicyclic) bond motifs is 1. The molecule has 0 saturated heterocycles. The number of halogens is 1. The lowest BCUT2D eigenvalue weighted by molar-refractivity contribution is -0.120. The van der Waals surface area contributed by atoms with Gasteiger partial charge in [-0.15, -0.1) is 0 Å². The highest BCUT2D eigenvalue weighted by Gasteiger charge is 2.21. The Balaban J connectivity index is 2.17. The first kappa shape index (κ1) is 13.4. The van der Waals surface area contributed by atoms with Crippen molar-refractivity contribution in [2.75, 3.05) is 6.61 Å². The third-order valence-electron chi connectivity index (χ3n) is 2.94. The highest BCUT2D eigenvalue weighted by molar-refractivity contribution is 6.30. The average Bonchev–Trinajstić information content (AvgIpc) is 2.61. The Bertz CT molecular complexity index is 472. The summed E-state index contributed by atoms with van der Waals surface area (Å²) in [5.74, 6) is 1.11. The molecule has 1 heterocycles. The first-order chi connectivity index (χ1) is 8.35. The fourth-order valence-electron chi connectivity index (χ4n) is 2.34. The molecule has 0 fully saturated rings. The predicted octanol–water partition coefficient (Wildman–Crippen LogP) is 3.82. The molecule has 3 heteroatoms. The molecule has 1 aromatic rings. The third-order valence-corrected chi connectivity index (χ3v) is 3.16. The smallest absolute Gasteiger partial charge is 0.137 e. The summed E-state index contributed by atoms with van der Waals surface area (Å²) < 4.78 is 5.60. The number of hydrogen-bond acceptors (Lipinski definition) is 2. The number of ketones is 1. The maximum atomic E-state index is 12.0. The zero-order valence-electron chi connectivity index (χ0n) is 11.2. The predicted molar refractivity (Wildman–Crippen MR) is 73.4 cm³/mol. The van der Waals surface area contributed by atoms with Crippen LogP contribution in [0.15, 0.2) is 12.1 Å². The summed E-state index contributed by atoms with van der Waals surface area (Å²) in [5, 5.41) is 0.692. The summed E-state index contributed by atoms with van der Waals surface area (Å²) in [6.07, 6.45) is 1.88. The maximum absolute atomic E-state index is 12.0. The van der Waals surface area contributed by atoms with Crippen LogP contribution in [-0.2, 0) is 17.6 Å². The van der Waals surface area contributed by atoms with E-state index in [2.05, 4.69) is 20.8 Å². The number of hydrogen-bond donors (Lipinski definition) is 0. The van der Waals surface area contributed by atoms with Crippen LogP contribution in [0.25, 0.3) is 0 Å². The van der Waals surface area contributed by atoms with Crippen molar-refractivity contribution in [3.05, 3.63) is 28.3 Å². The van der Waals surface area contributed by atoms with E-state index < -0.39 is 0 Å². The summed E-state index contributed by atoms with van der Waals surface area (Å²) >= 11 is 6.08. The number of rotatable bonds is 3. The Labute approximate surface area is 113 Å². The van der Waals surface area contributed by atoms with E-state index in [0.29, 0.717) is 24.5 Å². The fraction of sp³-hybridized carbons (Fsp3) is 0.533. The first-order valence-electron chi connectivity index (χ1n) is 6.31. The molecule has 0 N–H and O–H groups in total. The number of Topliss-reactive ketones (excluding diaryl/α,β-unsaturated/α-hetero) is 1. The van der Waals surface area contributed by atoms with Gasteiger partial charge in [0.15, 0.2) is 0 Å². The van der Waals surface area contributed by atoms with Gasteiger partial charge in [-0.3, -0.25) is 4.79 Å². The van der Waals surface area contributed by atoms with Crippen LogP contribution in [0.3, 0.4) is 0 Å². The van der Waals surface area contributed by atoms with Gasteiger partial charge >= 0.3 is 0 Å². The molecule has 0 amide bonds. The van der Waals surface area contributed by atoms with Gasteiger partial charge in [0, 0.05) is 29.8 Å². The zero-order chi connectivity index (χ0) is 13.3. The van der Waals surface area contributed by atoms with Gasteiger partial charge in [-0.05, 0) is 23.1 Å². The van der Waals surface area contributed by atoms with Gasteiger partial charge in [-0.25, -0.2) is 0 Å². The van der Waals surface area contributed by atoms with Crippen LogP contribution in [0.2, 0.25) is 5.02 Å². The molecule has 2 nitrogen and oxygen atoms in total.